The highest BCUT2D eigenvalue weighted by molar-refractivity contribution is 7.88. The Kier molecular flexibility index (Phi) is 4.31. The molecule has 0 fully saturated rings. The predicted octanol–water partition coefficient (Wildman–Crippen LogP) is 1.58. The third-order valence-corrected chi connectivity index (χ3v) is 1.53. The first-order valence-electron chi connectivity index (χ1n) is 3.20. The zero-order valence-electron chi connectivity index (χ0n) is 5.95. The van der Waals surface area contributed by atoms with Crippen molar-refractivity contribution in [1.82, 2.24) is 0 Å². The lowest BCUT2D eigenvalue weighted by Gasteiger charge is -1.86. The van der Waals surface area contributed by atoms with Crippen molar-refractivity contribution in [3.8, 4) is 0 Å². The molecule has 0 aliphatic heterocycles. The van der Waals surface area contributed by atoms with Crippen molar-refractivity contribution in [3.63, 3.8) is 0 Å². The molecule has 10 heavy (non-hydrogen) atoms. The lowest BCUT2D eigenvalue weighted by Crippen LogP contribution is -1.88. The van der Waals surface area contributed by atoms with E-state index >= 15 is 0 Å². The van der Waals surface area contributed by atoms with Gasteiger partial charge in [-0.1, -0.05) is 25.8 Å². The molecule has 0 aromatic carbocycles. The predicted molar refractivity (Wildman–Crippen MR) is 40.2 cm³/mol. The van der Waals surface area contributed by atoms with Crippen molar-refractivity contribution in [1.29, 1.82) is 0 Å². The molecule has 0 aliphatic rings. The first-order valence-corrected chi connectivity index (χ1v) is 4.70. The second kappa shape index (κ2) is 4.46. The van der Waals surface area contributed by atoms with E-state index in [0.29, 0.717) is 6.42 Å². The van der Waals surface area contributed by atoms with Crippen molar-refractivity contribution in [2.24, 2.45) is 0 Å². The molecule has 0 spiro atoms. The molecule has 0 aromatic rings. The zero-order chi connectivity index (χ0) is 8.04. The van der Waals surface area contributed by atoms with Crippen LogP contribution in [0.3, 0.4) is 0 Å². The Morgan fingerprint density at radius 1 is 1.50 bits per heavy atom. The quantitative estimate of drug-likeness (QED) is 0.507. The topological polar surface area (TPSA) is 54.4 Å². The molecule has 0 aromatic heterocycles. The summed E-state index contributed by atoms with van der Waals surface area (Å²) in [6.07, 6.45) is 4.14. The van der Waals surface area contributed by atoms with Gasteiger partial charge in [-0.3, -0.25) is 4.55 Å². The zero-order valence-corrected chi connectivity index (χ0v) is 6.76. The summed E-state index contributed by atoms with van der Waals surface area (Å²) in [6.45, 7) is 2.02. The molecule has 0 atom stereocenters. The van der Waals surface area contributed by atoms with E-state index in [9.17, 15) is 8.42 Å². The normalized spacial score (nSPS) is 12.6. The van der Waals surface area contributed by atoms with E-state index in [-0.39, 0.29) is 0 Å². The second-order valence-corrected chi connectivity index (χ2v) is 3.33. The van der Waals surface area contributed by atoms with Gasteiger partial charge in [-0.2, -0.15) is 8.42 Å². The van der Waals surface area contributed by atoms with Crippen LogP contribution in [0.15, 0.2) is 11.5 Å². The maximum absolute atomic E-state index is 10.1. The maximum Gasteiger partial charge on any atom is 0.287 e. The van der Waals surface area contributed by atoms with Gasteiger partial charge < -0.3 is 0 Å². The van der Waals surface area contributed by atoms with Gasteiger partial charge in [0.25, 0.3) is 10.1 Å². The molecule has 0 bridgehead atoms. The Bertz CT molecular complexity index is 191. The summed E-state index contributed by atoms with van der Waals surface area (Å²) >= 11 is 0. The summed E-state index contributed by atoms with van der Waals surface area (Å²) in [4.78, 5) is 0. The minimum Gasteiger partial charge on any atom is -0.282 e. The Morgan fingerprint density at radius 3 is 2.50 bits per heavy atom. The summed E-state index contributed by atoms with van der Waals surface area (Å²) in [7, 11) is -3.89. The third kappa shape index (κ3) is 7.65. The molecule has 1 N–H and O–H groups in total. The smallest absolute Gasteiger partial charge is 0.282 e. The fourth-order valence-corrected chi connectivity index (χ4v) is 0.891. The largest absolute Gasteiger partial charge is 0.287 e. The molecule has 0 rings (SSSR count). The highest BCUT2D eigenvalue weighted by Crippen LogP contribution is 1.96. The van der Waals surface area contributed by atoms with E-state index in [4.69, 9.17) is 4.55 Å². The molecule has 0 saturated heterocycles. The van der Waals surface area contributed by atoms with Gasteiger partial charge in [-0.05, 0) is 6.42 Å². The van der Waals surface area contributed by atoms with Crippen LogP contribution < -0.4 is 0 Å². The van der Waals surface area contributed by atoms with Crippen LogP contribution in [0.25, 0.3) is 0 Å². The third-order valence-electron chi connectivity index (χ3n) is 0.993. The van der Waals surface area contributed by atoms with Crippen LogP contribution in [0.2, 0.25) is 0 Å². The van der Waals surface area contributed by atoms with Crippen molar-refractivity contribution in [3.05, 3.63) is 11.5 Å². The highest BCUT2D eigenvalue weighted by Gasteiger charge is 1.92. The number of hydrogen-bond donors (Lipinski definition) is 1. The Labute approximate surface area is 61.5 Å². The number of unbranched alkanes of at least 4 members (excludes halogenated alkanes) is 2. The highest BCUT2D eigenvalue weighted by atomic mass is 32.2. The monoisotopic (exact) mass is 164 g/mol. The Hall–Kier alpha value is -0.350. The molecule has 0 unspecified atom stereocenters. The average Bonchev–Trinajstić information content (AvgIpc) is 1.78. The number of hydrogen-bond acceptors (Lipinski definition) is 2. The Balaban J connectivity index is 3.58. The first-order chi connectivity index (χ1) is 4.56. The van der Waals surface area contributed by atoms with Gasteiger partial charge in [0.2, 0.25) is 0 Å². The van der Waals surface area contributed by atoms with Crippen molar-refractivity contribution in [2.45, 2.75) is 26.2 Å². The van der Waals surface area contributed by atoms with E-state index < -0.39 is 10.1 Å². The minimum absolute atomic E-state index is 0.705. The van der Waals surface area contributed by atoms with Crippen LogP contribution >= 0.6 is 0 Å². The molecule has 0 saturated carbocycles. The molecular formula is C6H12O3S. The Morgan fingerprint density at radius 2 is 2.10 bits per heavy atom. The van der Waals surface area contributed by atoms with Gasteiger partial charge >= 0.3 is 0 Å². The van der Waals surface area contributed by atoms with E-state index in [0.717, 1.165) is 18.2 Å². The molecule has 60 valence electrons. The lowest BCUT2D eigenvalue weighted by atomic mass is 10.2. The molecule has 0 amide bonds. The summed E-state index contributed by atoms with van der Waals surface area (Å²) < 4.78 is 28.3. The second-order valence-electron chi connectivity index (χ2n) is 2.03. The molecular weight excluding hydrogens is 152 g/mol. The van der Waals surface area contributed by atoms with E-state index in [1.165, 1.54) is 6.08 Å². The molecule has 4 heteroatoms. The van der Waals surface area contributed by atoms with Gasteiger partial charge in [-0.15, -0.1) is 0 Å². The summed E-state index contributed by atoms with van der Waals surface area (Å²) in [5.41, 5.74) is 0. The van der Waals surface area contributed by atoms with Crippen LogP contribution in [0.4, 0.5) is 0 Å². The standard InChI is InChI=1S/C6H12O3S/c1-2-3-4-5-6-10(7,8)9/h5-6H,2-4H2,1H3,(H,7,8,9)/b6-5+. The van der Waals surface area contributed by atoms with Gasteiger partial charge in [0.1, 0.15) is 0 Å². The van der Waals surface area contributed by atoms with E-state index in [1.54, 1.807) is 0 Å². The molecule has 0 radical (unpaired) electrons. The van der Waals surface area contributed by atoms with Gasteiger partial charge in [0.15, 0.2) is 0 Å². The number of rotatable bonds is 4. The van der Waals surface area contributed by atoms with Crippen molar-refractivity contribution in [2.75, 3.05) is 0 Å². The summed E-state index contributed by atoms with van der Waals surface area (Å²) in [5.74, 6) is 0. The maximum atomic E-state index is 10.1. The van der Waals surface area contributed by atoms with Gasteiger partial charge in [-0.25, -0.2) is 0 Å². The van der Waals surface area contributed by atoms with Gasteiger partial charge in [0, 0.05) is 0 Å². The molecule has 0 aliphatic carbocycles. The first kappa shape index (κ1) is 9.65. The van der Waals surface area contributed by atoms with Gasteiger partial charge in [0.05, 0.1) is 5.41 Å². The van der Waals surface area contributed by atoms with Crippen molar-refractivity contribution >= 4 is 10.1 Å². The lowest BCUT2D eigenvalue weighted by molar-refractivity contribution is 0.494. The minimum atomic E-state index is -3.89. The van der Waals surface area contributed by atoms with Crippen LogP contribution in [-0.4, -0.2) is 13.0 Å². The average molecular weight is 164 g/mol. The van der Waals surface area contributed by atoms with Crippen LogP contribution in [-0.2, 0) is 10.1 Å². The SMILES string of the molecule is CCCC/C=C/S(=O)(=O)O. The van der Waals surface area contributed by atoms with Crippen LogP contribution in [0.5, 0.6) is 0 Å². The van der Waals surface area contributed by atoms with E-state index in [1.807, 2.05) is 6.92 Å². The van der Waals surface area contributed by atoms with Crippen LogP contribution in [0, 0.1) is 0 Å². The fourth-order valence-electron chi connectivity index (χ4n) is 0.512. The van der Waals surface area contributed by atoms with E-state index in [2.05, 4.69) is 0 Å². The fraction of sp³-hybridized carbons (Fsp3) is 0.667. The molecule has 3 nitrogen and oxygen atoms in total. The number of allylic oxidation sites excluding steroid dienone is 1. The molecule has 0 heterocycles. The van der Waals surface area contributed by atoms with Crippen LogP contribution in [0.1, 0.15) is 26.2 Å². The van der Waals surface area contributed by atoms with Crippen molar-refractivity contribution < 1.29 is 13.0 Å². The summed E-state index contributed by atoms with van der Waals surface area (Å²) in [6, 6.07) is 0. The summed E-state index contributed by atoms with van der Waals surface area (Å²) in [5, 5.41) is 0.822.